The fourth-order valence-electron chi connectivity index (χ4n) is 3.40. The van der Waals surface area contributed by atoms with E-state index in [9.17, 15) is 4.79 Å². The van der Waals surface area contributed by atoms with Crippen LogP contribution in [-0.2, 0) is 7.05 Å². The molecule has 0 aliphatic rings. The highest BCUT2D eigenvalue weighted by Gasteiger charge is 2.12. The Labute approximate surface area is 205 Å². The van der Waals surface area contributed by atoms with Gasteiger partial charge in [0.05, 0.1) is 0 Å². The number of nitrogens with one attached hydrogen (secondary N) is 1. The Morgan fingerprint density at radius 3 is 2.58 bits per heavy atom. The second-order valence-corrected chi connectivity index (χ2v) is 8.49. The van der Waals surface area contributed by atoms with E-state index in [2.05, 4.69) is 36.5 Å². The smallest absolute Gasteiger partial charge is 0.258 e. The molecule has 0 saturated carbocycles. The van der Waals surface area contributed by atoms with Crippen molar-refractivity contribution in [1.29, 1.82) is 0 Å². The first kappa shape index (κ1) is 26.3. The summed E-state index contributed by atoms with van der Waals surface area (Å²) >= 11 is 6.89. The van der Waals surface area contributed by atoms with Gasteiger partial charge in [0.15, 0.2) is 5.17 Å². The molecule has 0 atom stereocenters. The third-order valence-electron chi connectivity index (χ3n) is 5.14. The van der Waals surface area contributed by atoms with E-state index in [1.807, 2.05) is 57.5 Å². The third-order valence-corrected chi connectivity index (χ3v) is 6.05. The molecule has 0 bridgehead atoms. The molecule has 0 aliphatic heterocycles. The van der Waals surface area contributed by atoms with Gasteiger partial charge in [0.25, 0.3) is 5.56 Å². The number of rotatable bonds is 6. The number of thiocarbonyl (C=S) groups is 1. The quantitative estimate of drug-likeness (QED) is 0.207. The standard InChI is InChI=1S/C27H31N3OS2/c1-8-12-19(10-3)25(32)29-27(33-7)28-21-15-14-18(5)22(17-21)23-16-20(11-4)24(13-9-2)30(6)26(23)31/h8,10-17H,1,3,9H2,2,4-7H3,(H,28,29,32)/b19-12+,20-11-,24-13+. The Bertz CT molecular complexity index is 1310. The van der Waals surface area contributed by atoms with Crippen LogP contribution < -0.4 is 21.4 Å². The van der Waals surface area contributed by atoms with Gasteiger partial charge in [-0.25, -0.2) is 4.99 Å². The van der Waals surface area contributed by atoms with Crippen molar-refractivity contribution < 1.29 is 0 Å². The maximum atomic E-state index is 13.2. The van der Waals surface area contributed by atoms with Crippen molar-refractivity contribution in [3.63, 3.8) is 0 Å². The van der Waals surface area contributed by atoms with E-state index in [4.69, 9.17) is 12.2 Å². The number of allylic oxidation sites excluding steroid dienone is 2. The van der Waals surface area contributed by atoms with Crippen molar-refractivity contribution in [3.05, 3.63) is 87.7 Å². The van der Waals surface area contributed by atoms with E-state index in [1.54, 1.807) is 22.8 Å². The molecule has 2 aromatic rings. The molecule has 1 N–H and O–H groups in total. The Balaban J connectivity index is 2.58. The van der Waals surface area contributed by atoms with Gasteiger partial charge in [-0.1, -0.05) is 80.5 Å². The van der Waals surface area contributed by atoms with E-state index >= 15 is 0 Å². The van der Waals surface area contributed by atoms with E-state index in [0.29, 0.717) is 15.7 Å². The summed E-state index contributed by atoms with van der Waals surface area (Å²) in [6, 6.07) is 7.93. The fourth-order valence-corrected chi connectivity index (χ4v) is 4.10. The molecule has 0 aliphatic carbocycles. The second kappa shape index (κ2) is 12.3. The SMILES string of the molecule is C=C/C=C(\C=C)C(=S)N=C(Nc1ccc(C)c(-c2cc(=C/C)/c(=C\CC)n(C)c2=O)c1)SC. The predicted octanol–water partition coefficient (Wildman–Crippen LogP) is 5.11. The molecule has 1 heterocycles. The molecule has 0 amide bonds. The Morgan fingerprint density at radius 2 is 2.00 bits per heavy atom. The minimum atomic E-state index is -0.0225. The lowest BCUT2D eigenvalue weighted by Gasteiger charge is -2.13. The zero-order valence-corrected chi connectivity index (χ0v) is 21.6. The summed E-state index contributed by atoms with van der Waals surface area (Å²) in [6.07, 6.45) is 12.0. The number of hydrogen-bond acceptors (Lipinski definition) is 3. The topological polar surface area (TPSA) is 46.4 Å². The predicted molar refractivity (Wildman–Crippen MR) is 152 cm³/mol. The van der Waals surface area contributed by atoms with Gasteiger partial charge in [0, 0.05) is 29.2 Å². The van der Waals surface area contributed by atoms with Crippen LogP contribution in [0.4, 0.5) is 5.69 Å². The van der Waals surface area contributed by atoms with E-state index in [0.717, 1.165) is 39.4 Å². The molecule has 6 heteroatoms. The van der Waals surface area contributed by atoms with Crippen LogP contribution in [-0.4, -0.2) is 21.0 Å². The Morgan fingerprint density at radius 1 is 1.27 bits per heavy atom. The van der Waals surface area contributed by atoms with Crippen LogP contribution in [0, 0.1) is 6.92 Å². The number of benzene rings is 1. The lowest BCUT2D eigenvalue weighted by Crippen LogP contribution is -2.42. The van der Waals surface area contributed by atoms with Gasteiger partial charge in [0.2, 0.25) is 0 Å². The zero-order valence-electron chi connectivity index (χ0n) is 19.9. The first-order chi connectivity index (χ1) is 15.8. The molecule has 0 fully saturated rings. The summed E-state index contributed by atoms with van der Waals surface area (Å²) < 4.78 is 1.73. The van der Waals surface area contributed by atoms with E-state index in [1.165, 1.54) is 11.8 Å². The maximum absolute atomic E-state index is 13.2. The minimum absolute atomic E-state index is 0.0225. The number of aliphatic imine (C=N–C) groups is 1. The number of nitrogens with zero attached hydrogens (tertiary/aromatic N) is 2. The highest BCUT2D eigenvalue weighted by atomic mass is 32.2. The third kappa shape index (κ3) is 6.30. The lowest BCUT2D eigenvalue weighted by molar-refractivity contribution is 0.817. The zero-order chi connectivity index (χ0) is 24.5. The molecular formula is C27H31N3OS2. The van der Waals surface area contributed by atoms with Gasteiger partial charge in [0.1, 0.15) is 4.99 Å². The first-order valence-corrected chi connectivity index (χ1v) is 12.3. The summed E-state index contributed by atoms with van der Waals surface area (Å²) in [7, 11) is 1.82. The van der Waals surface area contributed by atoms with Crippen molar-refractivity contribution in [3.8, 4) is 11.1 Å². The summed E-state index contributed by atoms with van der Waals surface area (Å²) in [5.41, 5.74) is 4.11. The molecule has 172 valence electrons. The van der Waals surface area contributed by atoms with Crippen LogP contribution in [0.3, 0.4) is 0 Å². The highest BCUT2D eigenvalue weighted by molar-refractivity contribution is 8.13. The molecule has 0 unspecified atom stereocenters. The summed E-state index contributed by atoms with van der Waals surface area (Å²) in [4.78, 5) is 18.2. The van der Waals surface area contributed by atoms with Crippen molar-refractivity contribution >= 4 is 52.0 Å². The summed E-state index contributed by atoms with van der Waals surface area (Å²) in [5, 5.41) is 5.95. The fraction of sp³-hybridized carbons (Fsp3) is 0.222. The maximum Gasteiger partial charge on any atom is 0.258 e. The van der Waals surface area contributed by atoms with E-state index < -0.39 is 0 Å². The molecule has 0 radical (unpaired) electrons. The van der Waals surface area contributed by atoms with Crippen LogP contribution in [0.1, 0.15) is 25.8 Å². The average molecular weight is 478 g/mol. The van der Waals surface area contributed by atoms with E-state index in [-0.39, 0.29) is 5.56 Å². The largest absolute Gasteiger partial charge is 0.335 e. The monoisotopic (exact) mass is 477 g/mol. The number of hydrogen-bond donors (Lipinski definition) is 1. The lowest BCUT2D eigenvalue weighted by atomic mass is 10.00. The van der Waals surface area contributed by atoms with Crippen LogP contribution >= 0.6 is 24.0 Å². The van der Waals surface area contributed by atoms with Crippen molar-refractivity contribution in [2.24, 2.45) is 12.0 Å². The number of amidine groups is 1. The first-order valence-electron chi connectivity index (χ1n) is 10.7. The normalized spacial score (nSPS) is 13.2. The number of aromatic nitrogens is 1. The van der Waals surface area contributed by atoms with Gasteiger partial charge in [-0.3, -0.25) is 4.79 Å². The molecule has 0 spiro atoms. The van der Waals surface area contributed by atoms with Crippen molar-refractivity contribution in [2.45, 2.75) is 27.2 Å². The van der Waals surface area contributed by atoms with Gasteiger partial charge >= 0.3 is 0 Å². The number of pyridine rings is 1. The number of anilines is 1. The second-order valence-electron chi connectivity index (χ2n) is 7.31. The summed E-state index contributed by atoms with van der Waals surface area (Å²) in [6.45, 7) is 13.6. The molecule has 1 aromatic carbocycles. The molecule has 1 aromatic heterocycles. The highest BCUT2D eigenvalue weighted by Crippen LogP contribution is 2.24. The molecule has 2 rings (SSSR count). The number of thioether (sulfide) groups is 1. The molecular weight excluding hydrogens is 446 g/mol. The molecule has 0 saturated heterocycles. The number of aryl methyl sites for hydroxylation is 1. The molecule has 33 heavy (non-hydrogen) atoms. The average Bonchev–Trinajstić information content (AvgIpc) is 2.81. The Hall–Kier alpha value is -2.96. The van der Waals surface area contributed by atoms with Gasteiger partial charge < -0.3 is 9.88 Å². The van der Waals surface area contributed by atoms with Gasteiger partial charge in [-0.2, -0.15) is 0 Å². The van der Waals surface area contributed by atoms with Crippen LogP contribution in [0.5, 0.6) is 0 Å². The Kier molecular flexibility index (Phi) is 9.82. The van der Waals surface area contributed by atoms with Crippen LogP contribution in [0.25, 0.3) is 23.3 Å². The summed E-state index contributed by atoms with van der Waals surface area (Å²) in [5.74, 6) is 0. The minimum Gasteiger partial charge on any atom is -0.335 e. The van der Waals surface area contributed by atoms with Gasteiger partial charge in [-0.15, -0.1) is 0 Å². The van der Waals surface area contributed by atoms with Crippen LogP contribution in [0.2, 0.25) is 0 Å². The van der Waals surface area contributed by atoms with Crippen molar-refractivity contribution in [2.75, 3.05) is 11.6 Å². The van der Waals surface area contributed by atoms with Gasteiger partial charge in [-0.05, 0) is 61.1 Å². The van der Waals surface area contributed by atoms with Crippen molar-refractivity contribution in [1.82, 2.24) is 4.57 Å². The van der Waals surface area contributed by atoms with Crippen LogP contribution in [0.15, 0.2) is 71.0 Å². The molecule has 4 nitrogen and oxygen atoms in total.